The third-order valence-electron chi connectivity index (χ3n) is 6.03. The Balaban J connectivity index is 1.34. The molecule has 2 aromatic rings. The minimum absolute atomic E-state index is 0.0624. The van der Waals surface area contributed by atoms with Crippen LogP contribution in [-0.4, -0.2) is 39.8 Å². The zero-order valence-electron chi connectivity index (χ0n) is 17.3. The average molecular weight is 429 g/mol. The fourth-order valence-corrected chi connectivity index (χ4v) is 5.27. The van der Waals surface area contributed by atoms with Crippen molar-refractivity contribution in [3.63, 3.8) is 0 Å². The van der Waals surface area contributed by atoms with Gasteiger partial charge in [0.1, 0.15) is 5.54 Å². The van der Waals surface area contributed by atoms with Gasteiger partial charge in [-0.15, -0.1) is 0 Å². The van der Waals surface area contributed by atoms with Crippen molar-refractivity contribution in [3.8, 4) is 0 Å². The fraction of sp³-hybridized carbons (Fsp3) is 0.545. The van der Waals surface area contributed by atoms with E-state index in [2.05, 4.69) is 34.7 Å². The molecule has 0 unspecified atom stereocenters. The van der Waals surface area contributed by atoms with E-state index in [1.165, 1.54) is 21.8 Å². The van der Waals surface area contributed by atoms with Gasteiger partial charge in [0.05, 0.1) is 10.2 Å². The molecule has 2 heterocycles. The number of nitrogens with zero attached hydrogens (tertiary/aromatic N) is 2. The Morgan fingerprint density at radius 1 is 1.27 bits per heavy atom. The summed E-state index contributed by atoms with van der Waals surface area (Å²) in [6, 6.07) is 5.83. The van der Waals surface area contributed by atoms with Crippen LogP contribution in [0.3, 0.4) is 0 Å². The molecule has 2 aliphatic rings. The molecule has 4 rings (SSSR count). The number of carbonyl (C=O) groups is 3. The number of carbonyl (C=O) groups excluding carboxylic acids is 3. The van der Waals surface area contributed by atoms with Gasteiger partial charge in [0, 0.05) is 13.0 Å². The monoisotopic (exact) mass is 428 g/mol. The zero-order valence-corrected chi connectivity index (χ0v) is 18.1. The third kappa shape index (κ3) is 4.19. The summed E-state index contributed by atoms with van der Waals surface area (Å²) in [6.45, 7) is 2.26. The van der Waals surface area contributed by atoms with E-state index >= 15 is 0 Å². The predicted octanol–water partition coefficient (Wildman–Crippen LogP) is 4.22. The Morgan fingerprint density at radius 3 is 2.83 bits per heavy atom. The SMILES string of the molecule is CCCCc1ccc2nc(NC(=O)CCN3C(=O)NC4(CCCCC4)C3=O)sc2c1. The molecule has 1 spiro atoms. The van der Waals surface area contributed by atoms with Gasteiger partial charge in [-0.2, -0.15) is 0 Å². The summed E-state index contributed by atoms with van der Waals surface area (Å²) in [5.74, 6) is -0.426. The van der Waals surface area contributed by atoms with Crippen LogP contribution in [0.15, 0.2) is 18.2 Å². The first-order chi connectivity index (χ1) is 14.5. The van der Waals surface area contributed by atoms with Crippen LogP contribution in [0.4, 0.5) is 9.93 Å². The molecule has 8 heteroatoms. The molecule has 2 fully saturated rings. The highest BCUT2D eigenvalue weighted by atomic mass is 32.1. The van der Waals surface area contributed by atoms with Gasteiger partial charge in [0.15, 0.2) is 5.13 Å². The Kier molecular flexibility index (Phi) is 6.04. The molecule has 30 heavy (non-hydrogen) atoms. The molecular formula is C22H28N4O3S. The summed E-state index contributed by atoms with van der Waals surface area (Å²) in [4.78, 5) is 43.2. The summed E-state index contributed by atoms with van der Waals surface area (Å²) >= 11 is 1.45. The summed E-state index contributed by atoms with van der Waals surface area (Å²) in [7, 11) is 0. The Labute approximate surface area is 180 Å². The molecule has 0 bridgehead atoms. The summed E-state index contributed by atoms with van der Waals surface area (Å²) in [5.41, 5.74) is 1.40. The van der Waals surface area contributed by atoms with E-state index in [0.29, 0.717) is 18.0 Å². The number of benzene rings is 1. The zero-order chi connectivity index (χ0) is 21.1. The lowest BCUT2D eigenvalue weighted by Crippen LogP contribution is -2.48. The lowest BCUT2D eigenvalue weighted by Gasteiger charge is -2.30. The number of aromatic nitrogens is 1. The number of fused-ring (bicyclic) bond motifs is 1. The van der Waals surface area contributed by atoms with Gasteiger partial charge in [-0.25, -0.2) is 9.78 Å². The Hall–Kier alpha value is -2.48. The van der Waals surface area contributed by atoms with Crippen LogP contribution in [0.25, 0.3) is 10.2 Å². The number of thiazole rings is 1. The van der Waals surface area contributed by atoms with Crippen LogP contribution in [-0.2, 0) is 16.0 Å². The van der Waals surface area contributed by atoms with Gasteiger partial charge < -0.3 is 10.6 Å². The van der Waals surface area contributed by atoms with Crippen LogP contribution in [0, 0.1) is 0 Å². The fourth-order valence-electron chi connectivity index (χ4n) is 4.33. The maximum absolute atomic E-state index is 12.8. The molecule has 160 valence electrons. The van der Waals surface area contributed by atoms with Crippen molar-refractivity contribution in [2.24, 2.45) is 0 Å². The lowest BCUT2D eigenvalue weighted by atomic mass is 9.82. The smallest absolute Gasteiger partial charge is 0.323 e. The average Bonchev–Trinajstić information content (AvgIpc) is 3.23. The number of unbranched alkanes of at least 4 members (excludes halogenated alkanes) is 1. The molecule has 1 saturated carbocycles. The molecular weight excluding hydrogens is 400 g/mol. The quantitative estimate of drug-likeness (QED) is 0.646. The van der Waals surface area contributed by atoms with Gasteiger partial charge in [0.2, 0.25) is 5.91 Å². The molecule has 0 radical (unpaired) electrons. The summed E-state index contributed by atoms with van der Waals surface area (Å²) in [6.07, 6.45) is 7.76. The number of imide groups is 1. The molecule has 7 nitrogen and oxygen atoms in total. The Bertz CT molecular complexity index is 964. The molecule has 4 amide bonds. The van der Waals surface area contributed by atoms with Crippen molar-refractivity contribution in [1.82, 2.24) is 15.2 Å². The van der Waals surface area contributed by atoms with E-state index in [-0.39, 0.29) is 30.8 Å². The number of amides is 4. The van der Waals surface area contributed by atoms with Crippen molar-refractivity contribution in [3.05, 3.63) is 23.8 Å². The standard InChI is InChI=1S/C22H28N4O3S/c1-2-3-7-15-8-9-16-17(14-15)30-20(23-16)24-18(27)10-13-26-19(28)22(25-21(26)29)11-5-4-6-12-22/h8-9,14H,2-7,10-13H2,1H3,(H,25,29)(H,23,24,27). The highest BCUT2D eigenvalue weighted by Crippen LogP contribution is 2.33. The molecule has 0 atom stereocenters. The second kappa shape index (κ2) is 8.71. The van der Waals surface area contributed by atoms with Gasteiger partial charge in [-0.1, -0.05) is 50.0 Å². The molecule has 1 aromatic carbocycles. The predicted molar refractivity (Wildman–Crippen MR) is 118 cm³/mol. The van der Waals surface area contributed by atoms with Gasteiger partial charge in [0.25, 0.3) is 5.91 Å². The van der Waals surface area contributed by atoms with E-state index in [4.69, 9.17) is 0 Å². The lowest BCUT2D eigenvalue weighted by molar-refractivity contribution is -0.132. The normalized spacial score (nSPS) is 18.2. The van der Waals surface area contributed by atoms with Crippen LogP contribution in [0.2, 0.25) is 0 Å². The second-order valence-electron chi connectivity index (χ2n) is 8.25. The van der Waals surface area contributed by atoms with Crippen molar-refractivity contribution in [1.29, 1.82) is 0 Å². The maximum Gasteiger partial charge on any atom is 0.325 e. The first-order valence-corrected chi connectivity index (χ1v) is 11.7. The number of rotatable bonds is 7. The Morgan fingerprint density at radius 2 is 2.07 bits per heavy atom. The number of anilines is 1. The van der Waals surface area contributed by atoms with E-state index in [9.17, 15) is 14.4 Å². The summed E-state index contributed by atoms with van der Waals surface area (Å²) in [5, 5.41) is 6.24. The maximum atomic E-state index is 12.8. The number of hydrogen-bond acceptors (Lipinski definition) is 5. The molecule has 1 aromatic heterocycles. The topological polar surface area (TPSA) is 91.4 Å². The van der Waals surface area contributed by atoms with Crippen LogP contribution >= 0.6 is 11.3 Å². The largest absolute Gasteiger partial charge is 0.325 e. The highest BCUT2D eigenvalue weighted by Gasteiger charge is 2.51. The molecule has 1 aliphatic heterocycles. The van der Waals surface area contributed by atoms with E-state index in [1.54, 1.807) is 0 Å². The van der Waals surface area contributed by atoms with Crippen molar-refractivity contribution in [2.45, 2.75) is 70.3 Å². The highest BCUT2D eigenvalue weighted by molar-refractivity contribution is 7.22. The van der Waals surface area contributed by atoms with Crippen LogP contribution < -0.4 is 10.6 Å². The van der Waals surface area contributed by atoms with E-state index < -0.39 is 5.54 Å². The van der Waals surface area contributed by atoms with Crippen LogP contribution in [0.5, 0.6) is 0 Å². The summed E-state index contributed by atoms with van der Waals surface area (Å²) < 4.78 is 1.05. The van der Waals surface area contributed by atoms with E-state index in [0.717, 1.165) is 48.7 Å². The van der Waals surface area contributed by atoms with Gasteiger partial charge >= 0.3 is 6.03 Å². The minimum atomic E-state index is -0.742. The number of hydrogen-bond donors (Lipinski definition) is 2. The second-order valence-corrected chi connectivity index (χ2v) is 9.28. The first kappa shape index (κ1) is 20.8. The molecule has 2 N–H and O–H groups in total. The van der Waals surface area contributed by atoms with Gasteiger partial charge in [-0.3, -0.25) is 14.5 Å². The van der Waals surface area contributed by atoms with Crippen molar-refractivity contribution >= 4 is 44.5 Å². The van der Waals surface area contributed by atoms with E-state index in [1.807, 2.05) is 6.07 Å². The number of urea groups is 1. The third-order valence-corrected chi connectivity index (χ3v) is 6.97. The van der Waals surface area contributed by atoms with Crippen molar-refractivity contribution < 1.29 is 14.4 Å². The number of aryl methyl sites for hydroxylation is 1. The van der Waals surface area contributed by atoms with Gasteiger partial charge in [-0.05, 0) is 43.4 Å². The van der Waals surface area contributed by atoms with Crippen molar-refractivity contribution in [2.75, 3.05) is 11.9 Å². The first-order valence-electron chi connectivity index (χ1n) is 10.8. The molecule has 1 aliphatic carbocycles. The molecule has 1 saturated heterocycles. The van der Waals surface area contributed by atoms with Crippen LogP contribution in [0.1, 0.15) is 63.9 Å². The minimum Gasteiger partial charge on any atom is -0.323 e. The number of nitrogens with one attached hydrogen (secondary N) is 2.